The molecule has 0 saturated heterocycles. The van der Waals surface area contributed by atoms with Gasteiger partial charge in [-0.1, -0.05) is 18.2 Å². The largest absolute Gasteiger partial charge is 0.474 e. The molecule has 0 aromatic heterocycles. The van der Waals surface area contributed by atoms with Crippen molar-refractivity contribution >= 4 is 22.9 Å². The van der Waals surface area contributed by atoms with Crippen molar-refractivity contribution < 1.29 is 12.7 Å². The lowest BCUT2D eigenvalue weighted by Gasteiger charge is -1.94. The molecule has 0 saturated carbocycles. The fourth-order valence-electron chi connectivity index (χ4n) is 0.930. The Bertz CT molecular complexity index is 388. The molecule has 1 aromatic rings. The number of benzene rings is 1. The van der Waals surface area contributed by atoms with Crippen molar-refractivity contribution in [2.75, 3.05) is 0 Å². The highest BCUT2D eigenvalue weighted by Gasteiger charge is 2.33. The monoisotopic (exact) mass is 218 g/mol. The molecule has 0 heterocycles. The molecule has 6 heteroatoms. The summed E-state index contributed by atoms with van der Waals surface area (Å²) in [6, 6.07) is 6.51. The molecule has 0 atom stereocenters. The van der Waals surface area contributed by atoms with Gasteiger partial charge in [0.1, 0.15) is 4.90 Å². The van der Waals surface area contributed by atoms with E-state index >= 15 is 0 Å². The van der Waals surface area contributed by atoms with Crippen LogP contribution in [0.4, 0.5) is 0 Å². The molecule has 0 aliphatic heterocycles. The lowest BCUT2D eigenvalue weighted by molar-refractivity contribution is 0.317. The molecule has 4 nitrogen and oxygen atoms in total. The summed E-state index contributed by atoms with van der Waals surface area (Å²) in [4.78, 5) is 3.05. The SMILES string of the molecule is Cc1ccccc1S(=O)(=O)[N+]OS. The van der Waals surface area contributed by atoms with Crippen LogP contribution in [0.5, 0.6) is 0 Å². The third kappa shape index (κ3) is 2.44. The van der Waals surface area contributed by atoms with Crippen molar-refractivity contribution in [2.24, 2.45) is 0 Å². The van der Waals surface area contributed by atoms with Crippen molar-refractivity contribution in [1.82, 2.24) is 4.89 Å². The van der Waals surface area contributed by atoms with E-state index in [1.165, 1.54) is 6.07 Å². The molecule has 0 spiro atoms. The minimum atomic E-state index is -3.71. The fourth-order valence-corrected chi connectivity index (χ4v) is 2.09. The average Bonchev–Trinajstić information content (AvgIpc) is 2.04. The quantitative estimate of drug-likeness (QED) is 0.469. The fraction of sp³-hybridized carbons (Fsp3) is 0.143. The van der Waals surface area contributed by atoms with Crippen LogP contribution in [-0.2, 0) is 14.3 Å². The molecule has 70 valence electrons. The van der Waals surface area contributed by atoms with Crippen molar-refractivity contribution in [3.05, 3.63) is 29.8 Å². The molecule has 0 amide bonds. The van der Waals surface area contributed by atoms with Gasteiger partial charge in [0, 0.05) is 4.28 Å². The molecule has 0 aliphatic carbocycles. The van der Waals surface area contributed by atoms with Gasteiger partial charge in [-0.3, -0.25) is 0 Å². The highest BCUT2D eigenvalue weighted by molar-refractivity contribution is 7.89. The van der Waals surface area contributed by atoms with Crippen LogP contribution < -0.4 is 4.89 Å². The van der Waals surface area contributed by atoms with Crippen molar-refractivity contribution in [2.45, 2.75) is 11.8 Å². The molecule has 0 unspecified atom stereocenters. The van der Waals surface area contributed by atoms with E-state index in [2.05, 4.69) is 22.1 Å². The van der Waals surface area contributed by atoms with Crippen LogP contribution in [0.25, 0.3) is 0 Å². The minimum absolute atomic E-state index is 0.129. The molecule has 1 aromatic carbocycles. The number of hydrogen-bond donors (Lipinski definition) is 1. The van der Waals surface area contributed by atoms with Crippen LogP contribution in [-0.4, -0.2) is 8.42 Å². The molecule has 1 rings (SSSR count). The molecular formula is C7H8NO3S2+. The predicted molar refractivity (Wildman–Crippen MR) is 50.6 cm³/mol. The number of nitrogens with zero attached hydrogens (tertiary/aromatic N) is 1. The van der Waals surface area contributed by atoms with Crippen molar-refractivity contribution in [1.29, 1.82) is 0 Å². The van der Waals surface area contributed by atoms with E-state index in [9.17, 15) is 8.42 Å². The van der Waals surface area contributed by atoms with Gasteiger partial charge < -0.3 is 0 Å². The van der Waals surface area contributed by atoms with Gasteiger partial charge in [0.2, 0.25) is 0 Å². The van der Waals surface area contributed by atoms with Crippen LogP contribution in [0.3, 0.4) is 0 Å². The Labute approximate surface area is 82.5 Å². The van der Waals surface area contributed by atoms with Gasteiger partial charge in [-0.2, -0.15) is 8.42 Å². The molecule has 0 aliphatic rings. The zero-order valence-electron chi connectivity index (χ0n) is 6.84. The number of aryl methyl sites for hydroxylation is 1. The molecule has 13 heavy (non-hydrogen) atoms. The average molecular weight is 218 g/mol. The van der Waals surface area contributed by atoms with Gasteiger partial charge >= 0.3 is 14.9 Å². The predicted octanol–water partition coefficient (Wildman–Crippen LogP) is 1.06. The van der Waals surface area contributed by atoms with Gasteiger partial charge in [-0.05, 0) is 18.6 Å². The maximum absolute atomic E-state index is 11.3. The van der Waals surface area contributed by atoms with Gasteiger partial charge in [-0.15, -0.1) is 0 Å². The Balaban J connectivity index is 3.15. The molecule has 0 bridgehead atoms. The zero-order chi connectivity index (χ0) is 9.90. The molecule has 0 N–H and O–H groups in total. The molecular weight excluding hydrogens is 210 g/mol. The summed E-state index contributed by atoms with van der Waals surface area (Å²) in [5.74, 6) is 0. The zero-order valence-corrected chi connectivity index (χ0v) is 8.55. The Kier molecular flexibility index (Phi) is 3.32. The lowest BCUT2D eigenvalue weighted by Crippen LogP contribution is -2.14. The van der Waals surface area contributed by atoms with Crippen LogP contribution in [0, 0.1) is 6.92 Å². The summed E-state index contributed by atoms with van der Waals surface area (Å²) in [5, 5.41) is 0. The summed E-state index contributed by atoms with van der Waals surface area (Å²) in [5.41, 5.74) is 0.622. The van der Waals surface area contributed by atoms with E-state index in [0.29, 0.717) is 5.56 Å². The number of sulfonamides is 1. The van der Waals surface area contributed by atoms with Gasteiger partial charge in [0.15, 0.2) is 0 Å². The first kappa shape index (κ1) is 10.5. The van der Waals surface area contributed by atoms with Gasteiger partial charge in [-0.25, -0.2) is 0 Å². The number of rotatable bonds is 3. The van der Waals surface area contributed by atoms with Crippen LogP contribution in [0.1, 0.15) is 5.56 Å². The first-order valence-electron chi connectivity index (χ1n) is 3.41. The maximum Gasteiger partial charge on any atom is 0.474 e. The Morgan fingerprint density at radius 3 is 2.54 bits per heavy atom. The summed E-state index contributed by atoms with van der Waals surface area (Å²) in [6.07, 6.45) is 0. The highest BCUT2D eigenvalue weighted by atomic mass is 32.2. The second-order valence-corrected chi connectivity index (χ2v) is 4.10. The van der Waals surface area contributed by atoms with E-state index in [4.69, 9.17) is 0 Å². The van der Waals surface area contributed by atoms with E-state index < -0.39 is 10.0 Å². The first-order chi connectivity index (χ1) is 6.08. The summed E-state index contributed by atoms with van der Waals surface area (Å²) < 4.78 is 26.6. The second-order valence-electron chi connectivity index (χ2n) is 2.40. The smallest absolute Gasteiger partial charge is 0.154 e. The molecule has 0 fully saturated rings. The third-order valence-corrected chi connectivity index (χ3v) is 2.98. The normalized spacial score (nSPS) is 11.5. The van der Waals surface area contributed by atoms with Crippen LogP contribution in [0.2, 0.25) is 0 Å². The van der Waals surface area contributed by atoms with Gasteiger partial charge in [0.25, 0.3) is 0 Å². The Morgan fingerprint density at radius 1 is 1.38 bits per heavy atom. The van der Waals surface area contributed by atoms with E-state index in [-0.39, 0.29) is 4.90 Å². The van der Waals surface area contributed by atoms with Crippen LogP contribution >= 0.6 is 12.9 Å². The first-order valence-corrected chi connectivity index (χ1v) is 5.22. The number of hydrogen-bond acceptors (Lipinski definition) is 4. The van der Waals surface area contributed by atoms with Crippen molar-refractivity contribution in [3.63, 3.8) is 0 Å². The summed E-state index contributed by atoms with van der Waals surface area (Å²) in [6.45, 7) is 1.68. The van der Waals surface area contributed by atoms with Gasteiger partial charge in [0.05, 0.1) is 12.9 Å². The third-order valence-electron chi connectivity index (χ3n) is 1.50. The van der Waals surface area contributed by atoms with Crippen molar-refractivity contribution in [3.8, 4) is 0 Å². The topological polar surface area (TPSA) is 57.5 Å². The Hall–Kier alpha value is -0.560. The second kappa shape index (κ2) is 4.10. The lowest BCUT2D eigenvalue weighted by atomic mass is 10.2. The van der Waals surface area contributed by atoms with E-state index in [0.717, 1.165) is 0 Å². The number of thiol groups is 1. The minimum Gasteiger partial charge on any atom is -0.154 e. The highest BCUT2D eigenvalue weighted by Crippen LogP contribution is 2.14. The van der Waals surface area contributed by atoms with E-state index in [1.54, 1.807) is 25.1 Å². The summed E-state index contributed by atoms with van der Waals surface area (Å²) in [7, 11) is -3.71. The maximum atomic E-state index is 11.3. The van der Waals surface area contributed by atoms with Crippen LogP contribution in [0.15, 0.2) is 29.2 Å². The standard InChI is InChI=1S/C7H8NO3S2/c1-6-4-2-3-5-7(6)13(9,10)8-11-12/h2-5,12H,1H3/q+1. The van der Waals surface area contributed by atoms with E-state index in [1.807, 2.05) is 0 Å². The molecule has 2 radical (unpaired) electrons. The summed E-state index contributed by atoms with van der Waals surface area (Å²) >= 11 is 3.25. The Morgan fingerprint density at radius 2 is 2.00 bits per heavy atom.